The summed E-state index contributed by atoms with van der Waals surface area (Å²) in [5.74, 6) is 1.09. The molecule has 0 bridgehead atoms. The zero-order valence-corrected chi connectivity index (χ0v) is 16.8. The highest BCUT2D eigenvalue weighted by Gasteiger charge is 2.32. The third kappa shape index (κ3) is 5.89. The van der Waals surface area contributed by atoms with E-state index in [9.17, 15) is 13.2 Å². The van der Waals surface area contributed by atoms with E-state index in [1.807, 2.05) is 12.1 Å². The van der Waals surface area contributed by atoms with Gasteiger partial charge in [0.05, 0.1) is 12.2 Å². The first-order chi connectivity index (χ1) is 13.9. The number of hydrogen-bond acceptors (Lipinski definition) is 3. The highest BCUT2D eigenvalue weighted by molar-refractivity contribution is 5.40. The molecule has 2 N–H and O–H groups in total. The molecule has 0 unspecified atom stereocenters. The smallest absolute Gasteiger partial charge is 0.416 e. The van der Waals surface area contributed by atoms with Gasteiger partial charge in [-0.15, -0.1) is 0 Å². The number of rotatable bonds is 7. The zero-order valence-electron chi connectivity index (χ0n) is 16.8. The van der Waals surface area contributed by atoms with Gasteiger partial charge in [-0.3, -0.25) is 0 Å². The minimum Gasteiger partial charge on any atom is -0.493 e. The fourth-order valence-corrected chi connectivity index (χ4v) is 3.99. The van der Waals surface area contributed by atoms with Crippen LogP contribution >= 0.6 is 0 Å². The number of ether oxygens (including phenoxy) is 1. The fourth-order valence-electron chi connectivity index (χ4n) is 3.99. The van der Waals surface area contributed by atoms with Gasteiger partial charge in [0.2, 0.25) is 0 Å². The molecule has 0 saturated carbocycles. The number of halogens is 3. The highest BCUT2D eigenvalue weighted by atomic mass is 19.4. The molecule has 3 rings (SSSR count). The van der Waals surface area contributed by atoms with E-state index in [4.69, 9.17) is 10.5 Å². The zero-order chi connectivity index (χ0) is 20.9. The number of benzene rings is 2. The first-order valence-corrected chi connectivity index (χ1v) is 10.2. The lowest BCUT2D eigenvalue weighted by Gasteiger charge is -2.39. The molecule has 1 fully saturated rings. The van der Waals surface area contributed by atoms with Gasteiger partial charge in [-0.05, 0) is 73.8 Å². The predicted octanol–water partition coefficient (Wildman–Crippen LogP) is 5.57. The molecule has 0 radical (unpaired) electrons. The average Bonchev–Trinajstić information content (AvgIpc) is 2.71. The van der Waals surface area contributed by atoms with Gasteiger partial charge in [0.1, 0.15) is 5.75 Å². The number of piperidine rings is 1. The summed E-state index contributed by atoms with van der Waals surface area (Å²) in [4.78, 5) is 2.47. The summed E-state index contributed by atoms with van der Waals surface area (Å²) >= 11 is 0. The van der Waals surface area contributed by atoms with Crippen LogP contribution in [0.4, 0.5) is 18.9 Å². The van der Waals surface area contributed by atoms with Gasteiger partial charge in [0, 0.05) is 18.2 Å². The van der Waals surface area contributed by atoms with Crippen molar-refractivity contribution in [3.05, 3.63) is 59.7 Å². The molecule has 29 heavy (non-hydrogen) atoms. The van der Waals surface area contributed by atoms with E-state index in [-0.39, 0.29) is 5.92 Å². The molecular formula is C23H29F3N2O. The predicted molar refractivity (Wildman–Crippen MR) is 110 cm³/mol. The second-order valence-electron chi connectivity index (χ2n) is 7.81. The second kappa shape index (κ2) is 9.53. The van der Waals surface area contributed by atoms with E-state index >= 15 is 0 Å². The van der Waals surface area contributed by atoms with Crippen molar-refractivity contribution in [2.24, 2.45) is 5.92 Å². The van der Waals surface area contributed by atoms with E-state index < -0.39 is 11.7 Å². The van der Waals surface area contributed by atoms with Gasteiger partial charge in [0.15, 0.2) is 0 Å². The Hall–Kier alpha value is -2.21. The number of anilines is 1. The molecule has 158 valence electrons. The molecule has 0 aromatic heterocycles. The largest absolute Gasteiger partial charge is 0.493 e. The summed E-state index contributed by atoms with van der Waals surface area (Å²) < 4.78 is 44.2. The number of nitrogens with two attached hydrogens (primary N) is 1. The molecule has 2 aromatic carbocycles. The number of unbranched alkanes of at least 4 members (excludes halogenated alkanes) is 1. The van der Waals surface area contributed by atoms with Crippen LogP contribution in [0.3, 0.4) is 0 Å². The molecule has 0 aliphatic carbocycles. The molecule has 0 amide bonds. The third-order valence-corrected chi connectivity index (χ3v) is 5.66. The van der Waals surface area contributed by atoms with Gasteiger partial charge in [-0.1, -0.05) is 25.5 Å². The van der Waals surface area contributed by atoms with Gasteiger partial charge < -0.3 is 15.4 Å². The van der Waals surface area contributed by atoms with Crippen molar-refractivity contribution in [2.45, 2.75) is 38.3 Å². The molecule has 1 aliphatic rings. The Kier molecular flexibility index (Phi) is 7.06. The number of nitrogen functional groups attached to an aromatic ring is 1. The second-order valence-corrected chi connectivity index (χ2v) is 7.81. The van der Waals surface area contributed by atoms with E-state index in [0.717, 1.165) is 50.3 Å². The lowest BCUT2D eigenvalue weighted by molar-refractivity contribution is -0.137. The summed E-state index contributed by atoms with van der Waals surface area (Å²) in [5, 5.41) is 0. The van der Waals surface area contributed by atoms with Crippen LogP contribution in [-0.2, 0) is 6.18 Å². The first kappa shape index (κ1) is 21.5. The van der Waals surface area contributed by atoms with Crippen molar-refractivity contribution in [1.29, 1.82) is 0 Å². The minimum absolute atomic E-state index is 0.270. The molecule has 3 nitrogen and oxygen atoms in total. The first-order valence-electron chi connectivity index (χ1n) is 10.2. The number of alkyl halides is 3. The Labute approximate surface area is 170 Å². The molecular weight excluding hydrogens is 377 g/mol. The number of likely N-dealkylation sites (tertiary alicyclic amines) is 1. The van der Waals surface area contributed by atoms with Crippen LogP contribution in [0.15, 0.2) is 48.5 Å². The lowest BCUT2D eigenvalue weighted by Crippen LogP contribution is -2.42. The van der Waals surface area contributed by atoms with Crippen molar-refractivity contribution >= 4 is 5.69 Å². The summed E-state index contributed by atoms with van der Waals surface area (Å²) in [6.07, 6.45) is -0.972. The average molecular weight is 406 g/mol. The van der Waals surface area contributed by atoms with E-state index in [1.54, 1.807) is 0 Å². The van der Waals surface area contributed by atoms with Crippen LogP contribution in [0, 0.1) is 5.92 Å². The highest BCUT2D eigenvalue weighted by Crippen LogP contribution is 2.35. The maximum absolute atomic E-state index is 12.8. The van der Waals surface area contributed by atoms with Crippen molar-refractivity contribution in [2.75, 3.05) is 32.0 Å². The molecule has 1 heterocycles. The van der Waals surface area contributed by atoms with Crippen LogP contribution in [0.25, 0.3) is 0 Å². The maximum Gasteiger partial charge on any atom is 0.416 e. The standard InChI is InChI=1S/C23H29F3N2O/c1-2-3-13-28-14-12-22(17-4-8-20(27)9-5-17)18(15-28)16-29-21-10-6-19(7-11-21)23(24,25)26/h4-11,18,22H,2-3,12-16,27H2,1H3/t18-,22-/m1/s1. The van der Waals surface area contributed by atoms with Gasteiger partial charge in [-0.25, -0.2) is 0 Å². The summed E-state index contributed by atoms with van der Waals surface area (Å²) in [7, 11) is 0. The monoisotopic (exact) mass is 406 g/mol. The molecule has 2 aromatic rings. The van der Waals surface area contributed by atoms with Gasteiger partial charge in [-0.2, -0.15) is 13.2 Å². The van der Waals surface area contributed by atoms with E-state index in [1.165, 1.54) is 24.1 Å². The fraction of sp³-hybridized carbons (Fsp3) is 0.478. The Bertz CT molecular complexity index is 759. The topological polar surface area (TPSA) is 38.5 Å². The van der Waals surface area contributed by atoms with Crippen LogP contribution in [-0.4, -0.2) is 31.1 Å². The third-order valence-electron chi connectivity index (χ3n) is 5.66. The Morgan fingerprint density at radius 3 is 2.38 bits per heavy atom. The van der Waals surface area contributed by atoms with Crippen LogP contribution in [0.5, 0.6) is 5.75 Å². The van der Waals surface area contributed by atoms with E-state index in [2.05, 4.69) is 24.0 Å². The van der Waals surface area contributed by atoms with E-state index in [0.29, 0.717) is 18.3 Å². The summed E-state index contributed by atoms with van der Waals surface area (Å²) in [5.41, 5.74) is 7.16. The molecule has 1 aliphatic heterocycles. The van der Waals surface area contributed by atoms with Crippen LogP contribution < -0.4 is 10.5 Å². The van der Waals surface area contributed by atoms with Crippen molar-refractivity contribution in [1.82, 2.24) is 4.90 Å². The van der Waals surface area contributed by atoms with Gasteiger partial charge in [0.25, 0.3) is 0 Å². The number of hydrogen-bond donors (Lipinski definition) is 1. The number of nitrogens with zero attached hydrogens (tertiary/aromatic N) is 1. The van der Waals surface area contributed by atoms with Crippen LogP contribution in [0.2, 0.25) is 0 Å². The minimum atomic E-state index is -4.33. The van der Waals surface area contributed by atoms with Gasteiger partial charge >= 0.3 is 6.18 Å². The Balaban J connectivity index is 1.69. The van der Waals surface area contributed by atoms with Crippen LogP contribution in [0.1, 0.15) is 43.2 Å². The summed E-state index contributed by atoms with van der Waals surface area (Å²) in [6, 6.07) is 12.9. The quantitative estimate of drug-likeness (QED) is 0.611. The molecule has 1 saturated heterocycles. The molecule has 2 atom stereocenters. The SMILES string of the molecule is CCCCN1CC[C@H](c2ccc(N)cc2)[C@@H](COc2ccc(C(F)(F)F)cc2)C1. The summed E-state index contributed by atoms with van der Waals surface area (Å²) in [6.45, 7) is 5.71. The lowest BCUT2D eigenvalue weighted by atomic mass is 9.80. The molecule has 0 spiro atoms. The van der Waals surface area contributed by atoms with Crippen molar-refractivity contribution in [3.8, 4) is 5.75 Å². The maximum atomic E-state index is 12.8. The Morgan fingerprint density at radius 1 is 1.07 bits per heavy atom. The Morgan fingerprint density at radius 2 is 1.76 bits per heavy atom. The van der Waals surface area contributed by atoms with Crippen molar-refractivity contribution < 1.29 is 17.9 Å². The normalized spacial score (nSPS) is 20.6. The van der Waals surface area contributed by atoms with Crippen molar-refractivity contribution in [3.63, 3.8) is 0 Å². The molecule has 6 heteroatoms.